The van der Waals surface area contributed by atoms with E-state index in [1.807, 2.05) is 43.5 Å². The van der Waals surface area contributed by atoms with Crippen molar-refractivity contribution in [3.05, 3.63) is 47.8 Å². The molecule has 1 amide bonds. The highest BCUT2D eigenvalue weighted by Crippen LogP contribution is 2.29. The van der Waals surface area contributed by atoms with Crippen LogP contribution in [0.4, 0.5) is 10.5 Å². The smallest absolute Gasteiger partial charge is 0.414 e. The number of hydrogen-bond donors (Lipinski definition) is 1. The third-order valence-corrected chi connectivity index (χ3v) is 5.14. The predicted molar refractivity (Wildman–Crippen MR) is 103 cm³/mol. The quantitative estimate of drug-likeness (QED) is 0.837. The number of aromatic nitrogens is 1. The molecule has 3 heterocycles. The molecule has 0 aliphatic carbocycles. The Morgan fingerprint density at radius 3 is 3.08 bits per heavy atom. The first-order chi connectivity index (χ1) is 12.7. The molecule has 2 aliphatic heterocycles. The first kappa shape index (κ1) is 17.1. The summed E-state index contributed by atoms with van der Waals surface area (Å²) in [6.07, 6.45) is 2.27. The van der Waals surface area contributed by atoms with Gasteiger partial charge in [0.1, 0.15) is 6.10 Å². The number of amides is 1. The van der Waals surface area contributed by atoms with E-state index in [1.54, 1.807) is 4.90 Å². The lowest BCUT2D eigenvalue weighted by Crippen LogP contribution is -2.33. The molecule has 1 saturated heterocycles. The molecule has 1 atom stereocenters. The molecule has 6 nitrogen and oxygen atoms in total. The van der Waals surface area contributed by atoms with Crippen molar-refractivity contribution in [3.63, 3.8) is 0 Å². The van der Waals surface area contributed by atoms with E-state index in [0.29, 0.717) is 26.3 Å². The van der Waals surface area contributed by atoms with Gasteiger partial charge >= 0.3 is 6.09 Å². The number of benzene rings is 1. The van der Waals surface area contributed by atoms with Crippen molar-refractivity contribution in [1.29, 1.82) is 0 Å². The predicted octanol–water partition coefficient (Wildman–Crippen LogP) is 3.16. The zero-order valence-electron chi connectivity index (χ0n) is 14.6. The average molecular weight is 371 g/mol. The van der Waals surface area contributed by atoms with E-state index in [-0.39, 0.29) is 12.2 Å². The van der Waals surface area contributed by atoms with Gasteiger partial charge in [-0.15, -0.1) is 0 Å². The summed E-state index contributed by atoms with van der Waals surface area (Å²) >= 11 is 5.17. The van der Waals surface area contributed by atoms with Gasteiger partial charge < -0.3 is 19.4 Å². The molecule has 1 aromatic carbocycles. The molecule has 0 unspecified atom stereocenters. The average Bonchev–Trinajstić information content (AvgIpc) is 3.22. The van der Waals surface area contributed by atoms with Gasteiger partial charge in [0.15, 0.2) is 0 Å². The minimum absolute atomic E-state index is 0.212. The molecular formula is C19H21N3O3S. The maximum atomic E-state index is 12.3. The van der Waals surface area contributed by atoms with Crippen LogP contribution in [-0.4, -0.2) is 34.8 Å². The molecule has 2 aliphatic rings. The fraction of sp³-hybridized carbons (Fsp3) is 0.368. The maximum Gasteiger partial charge on any atom is 0.414 e. The summed E-state index contributed by atoms with van der Waals surface area (Å²) in [5, 5.41) is 3.14. The largest absolute Gasteiger partial charge is 0.442 e. The Hall–Kier alpha value is -2.38. The van der Waals surface area contributed by atoms with Crippen LogP contribution in [-0.2, 0) is 22.7 Å². The first-order valence-electron chi connectivity index (χ1n) is 8.78. The third kappa shape index (κ3) is 3.20. The van der Waals surface area contributed by atoms with Gasteiger partial charge in [-0.3, -0.25) is 4.90 Å². The number of nitrogens with one attached hydrogen (secondary N) is 1. The molecule has 1 N–H and O–H groups in total. The van der Waals surface area contributed by atoms with Crippen molar-refractivity contribution in [1.82, 2.24) is 9.88 Å². The van der Waals surface area contributed by atoms with Crippen molar-refractivity contribution in [3.8, 4) is 5.69 Å². The van der Waals surface area contributed by atoms with Crippen LogP contribution in [0.25, 0.3) is 5.69 Å². The molecule has 2 aromatic rings. The summed E-state index contributed by atoms with van der Waals surface area (Å²) in [6.45, 7) is 4.18. The third-order valence-electron chi connectivity index (χ3n) is 4.70. The van der Waals surface area contributed by atoms with Gasteiger partial charge in [-0.2, -0.15) is 0 Å². The second-order valence-corrected chi connectivity index (χ2v) is 6.94. The Balaban J connectivity index is 1.56. The Bertz CT molecular complexity index is 848. The van der Waals surface area contributed by atoms with E-state index in [0.717, 1.165) is 34.0 Å². The van der Waals surface area contributed by atoms with Crippen molar-refractivity contribution >= 4 is 29.0 Å². The molecule has 0 saturated carbocycles. The molecule has 4 rings (SSSR count). The van der Waals surface area contributed by atoms with Crippen molar-refractivity contribution < 1.29 is 14.3 Å². The van der Waals surface area contributed by atoms with Gasteiger partial charge in [-0.05, 0) is 30.7 Å². The summed E-state index contributed by atoms with van der Waals surface area (Å²) in [5.41, 5.74) is 4.07. The van der Waals surface area contributed by atoms with Crippen molar-refractivity contribution in [2.24, 2.45) is 0 Å². The van der Waals surface area contributed by atoms with Gasteiger partial charge in [0.05, 0.1) is 37.0 Å². The monoisotopic (exact) mass is 371 g/mol. The van der Waals surface area contributed by atoms with Crippen molar-refractivity contribution in [2.45, 2.75) is 32.7 Å². The molecule has 0 spiro atoms. The minimum Gasteiger partial charge on any atom is -0.442 e. The second kappa shape index (κ2) is 7.09. The molecule has 136 valence electrons. The highest BCUT2D eigenvalue weighted by molar-refractivity contribution is 7.80. The van der Waals surface area contributed by atoms with Gasteiger partial charge in [-0.25, -0.2) is 4.79 Å². The zero-order chi connectivity index (χ0) is 18.1. The summed E-state index contributed by atoms with van der Waals surface area (Å²) in [5.74, 6) is 0. The Morgan fingerprint density at radius 2 is 2.23 bits per heavy atom. The van der Waals surface area contributed by atoms with Crippen LogP contribution in [0.1, 0.15) is 24.6 Å². The molecule has 1 fully saturated rings. The van der Waals surface area contributed by atoms with E-state index in [1.165, 1.54) is 0 Å². The second-order valence-electron chi connectivity index (χ2n) is 6.45. The Kier molecular flexibility index (Phi) is 4.65. The van der Waals surface area contributed by atoms with E-state index >= 15 is 0 Å². The van der Waals surface area contributed by atoms with Gasteiger partial charge in [0.25, 0.3) is 0 Å². The minimum atomic E-state index is -0.322. The van der Waals surface area contributed by atoms with Crippen LogP contribution in [0.5, 0.6) is 0 Å². The Labute approximate surface area is 157 Å². The molecule has 26 heavy (non-hydrogen) atoms. The molecule has 0 radical (unpaired) electrons. The summed E-state index contributed by atoms with van der Waals surface area (Å²) < 4.78 is 13.3. The van der Waals surface area contributed by atoms with Crippen LogP contribution in [0.3, 0.4) is 0 Å². The fourth-order valence-corrected chi connectivity index (χ4v) is 3.38. The molecule has 7 heteroatoms. The van der Waals surface area contributed by atoms with Crippen LogP contribution in [0.2, 0.25) is 0 Å². The summed E-state index contributed by atoms with van der Waals surface area (Å²) in [6, 6.07) is 10.0. The molecule has 0 bridgehead atoms. The molecule has 1 aromatic heterocycles. The fourth-order valence-electron chi connectivity index (χ4n) is 3.29. The van der Waals surface area contributed by atoms with Gasteiger partial charge in [0, 0.05) is 23.1 Å². The lowest BCUT2D eigenvalue weighted by atomic mass is 10.1. The van der Waals surface area contributed by atoms with Crippen LogP contribution < -0.4 is 10.2 Å². The van der Waals surface area contributed by atoms with Gasteiger partial charge in [0.2, 0.25) is 0 Å². The number of carbonyl (C=O) groups excluding carboxylic acids is 1. The summed E-state index contributed by atoms with van der Waals surface area (Å²) in [4.78, 5) is 14.8. The van der Waals surface area contributed by atoms with E-state index < -0.39 is 0 Å². The number of nitrogens with zero attached hydrogens (tertiary/aromatic N) is 2. The standard InChI is InChI=1S/C19H21N3O3S/c1-2-18(26)20-9-16-10-22(19(23)25-16)14-6-5-13-11-24-12-15-4-3-7-21(15)17(13)8-14/h3-8,16H,2,9-12H2,1H3,(H,20,26)/t16-/m0/s1. The highest BCUT2D eigenvalue weighted by Gasteiger charge is 2.32. The van der Waals surface area contributed by atoms with E-state index in [4.69, 9.17) is 21.7 Å². The number of rotatable bonds is 4. The first-order valence-corrected chi connectivity index (χ1v) is 9.18. The topological polar surface area (TPSA) is 55.7 Å². The number of hydrogen-bond acceptors (Lipinski definition) is 4. The van der Waals surface area contributed by atoms with E-state index in [2.05, 4.69) is 9.88 Å². The lowest BCUT2D eigenvalue weighted by molar-refractivity contribution is 0.108. The number of fused-ring (bicyclic) bond motifs is 3. The zero-order valence-corrected chi connectivity index (χ0v) is 15.4. The van der Waals surface area contributed by atoms with E-state index in [9.17, 15) is 4.79 Å². The Morgan fingerprint density at radius 1 is 1.35 bits per heavy atom. The number of carbonyl (C=O) groups is 1. The number of anilines is 1. The lowest BCUT2D eigenvalue weighted by Gasteiger charge is -2.17. The van der Waals surface area contributed by atoms with Gasteiger partial charge in [-0.1, -0.05) is 25.2 Å². The number of cyclic esters (lactones) is 1. The molecular weight excluding hydrogens is 350 g/mol. The number of thiocarbonyl (C=S) groups is 1. The summed E-state index contributed by atoms with van der Waals surface area (Å²) in [7, 11) is 0. The van der Waals surface area contributed by atoms with Crippen LogP contribution in [0.15, 0.2) is 36.5 Å². The van der Waals surface area contributed by atoms with Crippen LogP contribution >= 0.6 is 12.2 Å². The normalized spacial score (nSPS) is 18.7. The van der Waals surface area contributed by atoms with Crippen molar-refractivity contribution in [2.75, 3.05) is 18.0 Å². The maximum absolute atomic E-state index is 12.3. The van der Waals surface area contributed by atoms with Crippen LogP contribution in [0, 0.1) is 0 Å². The number of ether oxygens (including phenoxy) is 2. The highest BCUT2D eigenvalue weighted by atomic mass is 32.1. The SMILES string of the molecule is CCC(=S)NC[C@H]1CN(c2ccc3c(c2)-n2cccc2COC3)C(=O)O1.